The van der Waals surface area contributed by atoms with Crippen molar-refractivity contribution < 1.29 is 27.2 Å². The highest BCUT2D eigenvalue weighted by Gasteiger charge is 2.56. The van der Waals surface area contributed by atoms with Crippen LogP contribution >= 0.6 is 0 Å². The maximum absolute atomic E-state index is 11.4. The molecule has 0 aliphatic carbocycles. The van der Waals surface area contributed by atoms with Crippen LogP contribution in [0.1, 0.15) is 13.3 Å². The van der Waals surface area contributed by atoms with Gasteiger partial charge in [-0.1, -0.05) is 6.92 Å². The zero-order valence-corrected chi connectivity index (χ0v) is 9.81. The van der Waals surface area contributed by atoms with Crippen molar-refractivity contribution in [2.45, 2.75) is 31.7 Å². The van der Waals surface area contributed by atoms with Crippen LogP contribution < -0.4 is 0 Å². The minimum absolute atomic E-state index is 0.0843. The number of carbonyl (C=O) groups excluding carboxylic acids is 1. The number of esters is 1. The fraction of sp³-hybridized carbons (Fsp3) is 0.889. The van der Waals surface area contributed by atoms with Gasteiger partial charge in [0, 0.05) is 5.92 Å². The Hall–Kier alpha value is -0.500. The monoisotopic (exact) mass is 250 g/mol. The van der Waals surface area contributed by atoms with Crippen molar-refractivity contribution in [2.24, 2.45) is 11.8 Å². The van der Waals surface area contributed by atoms with E-state index in [0.717, 1.165) is 0 Å². The third-order valence-electron chi connectivity index (χ3n) is 3.31. The fourth-order valence-corrected chi connectivity index (χ4v) is 3.08. The normalized spacial score (nSPS) is 43.3. The molecule has 0 aromatic heterocycles. The van der Waals surface area contributed by atoms with Gasteiger partial charge in [0.2, 0.25) is 0 Å². The number of rotatable bonds is 3. The average molecular weight is 250 g/mol. The van der Waals surface area contributed by atoms with Gasteiger partial charge >= 0.3 is 17.3 Å². The van der Waals surface area contributed by atoms with E-state index in [1.807, 2.05) is 6.92 Å². The lowest BCUT2D eigenvalue weighted by molar-refractivity contribution is -0.148. The van der Waals surface area contributed by atoms with Gasteiger partial charge in [-0.05, 0) is 6.42 Å². The number of fused-ring (bicyclic) bond motifs is 2. The van der Waals surface area contributed by atoms with Crippen molar-refractivity contribution in [1.82, 2.24) is 0 Å². The molecule has 1 N–H and O–H groups in total. The topological polar surface area (TPSA) is 82.1 Å². The highest BCUT2D eigenvalue weighted by molar-refractivity contribution is 7.74. The molecule has 92 valence electrons. The van der Waals surface area contributed by atoms with E-state index in [0.29, 0.717) is 6.42 Å². The molecule has 6 atom stereocenters. The highest BCUT2D eigenvalue weighted by atomic mass is 32.2. The van der Waals surface area contributed by atoms with Crippen LogP contribution in [0.4, 0.5) is 0 Å². The second kappa shape index (κ2) is 4.40. The van der Waals surface area contributed by atoms with E-state index >= 15 is 0 Å². The van der Waals surface area contributed by atoms with E-state index in [1.165, 1.54) is 7.11 Å². The van der Waals surface area contributed by atoms with E-state index in [4.69, 9.17) is 13.5 Å². The number of hydrogen-bond donors (Lipinski definition) is 1. The van der Waals surface area contributed by atoms with Crippen molar-refractivity contribution in [3.63, 3.8) is 0 Å². The first kappa shape index (κ1) is 12.0. The van der Waals surface area contributed by atoms with Crippen LogP contribution in [0.25, 0.3) is 0 Å². The molecule has 2 rings (SSSR count). The summed E-state index contributed by atoms with van der Waals surface area (Å²) in [5, 5.41) is 0. The lowest BCUT2D eigenvalue weighted by Gasteiger charge is -2.27. The molecule has 6 unspecified atom stereocenters. The van der Waals surface area contributed by atoms with Gasteiger partial charge < -0.3 is 9.47 Å². The Kier molecular flexibility index (Phi) is 3.29. The largest absolute Gasteiger partial charge is 0.469 e. The molecule has 2 heterocycles. The Bertz CT molecular complexity index is 317. The lowest BCUT2D eigenvalue weighted by atomic mass is 9.80. The predicted molar refractivity (Wildman–Crippen MR) is 53.6 cm³/mol. The molecule has 0 amide bonds. The predicted octanol–water partition coefficient (Wildman–Crippen LogP) is 0.105. The summed E-state index contributed by atoms with van der Waals surface area (Å²) in [6.07, 6.45) is -0.494. The van der Waals surface area contributed by atoms with Crippen LogP contribution in [0.5, 0.6) is 0 Å². The molecule has 2 aliphatic heterocycles. The molecule has 2 saturated heterocycles. The molecular formula is C9H14O6S. The number of hydrogen-bond acceptors (Lipinski definition) is 5. The van der Waals surface area contributed by atoms with Gasteiger partial charge in [-0.15, -0.1) is 0 Å². The van der Waals surface area contributed by atoms with Gasteiger partial charge in [0.25, 0.3) is 0 Å². The molecule has 0 spiro atoms. The van der Waals surface area contributed by atoms with E-state index in [2.05, 4.69) is 4.74 Å². The molecule has 0 aromatic rings. The molecule has 0 radical (unpaired) electrons. The first-order valence-corrected chi connectivity index (χ1v) is 6.09. The number of ether oxygens (including phenoxy) is 2. The Morgan fingerprint density at radius 3 is 2.75 bits per heavy atom. The van der Waals surface area contributed by atoms with Crippen LogP contribution in [0.2, 0.25) is 0 Å². The maximum atomic E-state index is 11.4. The summed E-state index contributed by atoms with van der Waals surface area (Å²) < 4.78 is 34.4. The van der Waals surface area contributed by atoms with Gasteiger partial charge in [-0.3, -0.25) is 13.5 Å². The molecule has 0 aromatic carbocycles. The summed E-state index contributed by atoms with van der Waals surface area (Å²) in [4.78, 5) is 11.4. The van der Waals surface area contributed by atoms with Crippen LogP contribution in [0.3, 0.4) is 0 Å². The summed E-state index contributed by atoms with van der Waals surface area (Å²) in [6.45, 7) is 1.84. The van der Waals surface area contributed by atoms with Gasteiger partial charge in [0.1, 0.15) is 6.10 Å². The van der Waals surface area contributed by atoms with Crippen molar-refractivity contribution >= 4 is 17.3 Å². The Balaban J connectivity index is 2.05. The second-order valence-corrected chi connectivity index (χ2v) is 4.77. The molecule has 0 saturated carbocycles. The zero-order chi connectivity index (χ0) is 11.9. The first-order valence-electron chi connectivity index (χ1n) is 5.06. The summed E-state index contributed by atoms with van der Waals surface area (Å²) in [5.74, 6) is -0.654. The minimum Gasteiger partial charge on any atom is -0.469 e. The quantitative estimate of drug-likeness (QED) is 0.565. The number of methoxy groups -OCH3 is 1. The minimum atomic E-state index is -2.30. The second-order valence-electron chi connectivity index (χ2n) is 4.14. The Morgan fingerprint density at radius 1 is 1.56 bits per heavy atom. The van der Waals surface area contributed by atoms with Crippen LogP contribution in [0.15, 0.2) is 0 Å². The van der Waals surface area contributed by atoms with Crippen LogP contribution in [-0.4, -0.2) is 40.2 Å². The van der Waals surface area contributed by atoms with Crippen LogP contribution in [0, 0.1) is 11.8 Å². The molecule has 2 aliphatic rings. The number of carbonyl (C=O) groups is 1. The van der Waals surface area contributed by atoms with Crippen molar-refractivity contribution in [1.29, 1.82) is 0 Å². The highest BCUT2D eigenvalue weighted by Crippen LogP contribution is 2.44. The van der Waals surface area contributed by atoms with Gasteiger partial charge in [0.05, 0.1) is 25.2 Å². The summed E-state index contributed by atoms with van der Waals surface area (Å²) in [7, 11) is 1.34. The van der Waals surface area contributed by atoms with Crippen molar-refractivity contribution in [2.75, 3.05) is 7.11 Å². The Morgan fingerprint density at radius 2 is 2.25 bits per heavy atom. The van der Waals surface area contributed by atoms with Crippen molar-refractivity contribution in [3.8, 4) is 0 Å². The average Bonchev–Trinajstić information content (AvgIpc) is 2.77. The molecular weight excluding hydrogens is 236 g/mol. The zero-order valence-electron chi connectivity index (χ0n) is 8.99. The Labute approximate surface area is 95.7 Å². The third-order valence-corrected chi connectivity index (χ3v) is 3.70. The maximum Gasteiger partial charge on any atom is 0.311 e. The van der Waals surface area contributed by atoms with E-state index < -0.39 is 17.5 Å². The van der Waals surface area contributed by atoms with Gasteiger partial charge in [0.15, 0.2) is 0 Å². The fourth-order valence-electron chi connectivity index (χ4n) is 2.59. The van der Waals surface area contributed by atoms with Crippen molar-refractivity contribution in [3.05, 3.63) is 0 Å². The molecule has 16 heavy (non-hydrogen) atoms. The van der Waals surface area contributed by atoms with Crippen LogP contribution in [-0.2, 0) is 29.8 Å². The molecule has 6 nitrogen and oxygen atoms in total. The molecule has 2 bridgehead atoms. The third kappa shape index (κ3) is 1.88. The van der Waals surface area contributed by atoms with E-state index in [1.54, 1.807) is 0 Å². The van der Waals surface area contributed by atoms with E-state index in [-0.39, 0.29) is 30.0 Å². The summed E-state index contributed by atoms with van der Waals surface area (Å²) in [5.41, 5.74) is 0. The summed E-state index contributed by atoms with van der Waals surface area (Å²) in [6, 6.07) is 0. The van der Waals surface area contributed by atoms with Gasteiger partial charge in [-0.25, -0.2) is 0 Å². The SMILES string of the molecule is COC(=O)C1CC2OC1C(C)C2OS(=O)O. The van der Waals surface area contributed by atoms with E-state index in [9.17, 15) is 9.00 Å². The summed E-state index contributed by atoms with van der Waals surface area (Å²) >= 11 is -2.30. The first-order chi connectivity index (χ1) is 7.54. The molecule has 7 heteroatoms. The standard InChI is InChI=1S/C9H14O6S/c1-4-7-5(9(10)13-2)3-6(14-7)8(4)15-16(11)12/h4-8H,3H2,1-2H3,(H,11,12). The van der Waals surface area contributed by atoms with Gasteiger partial charge in [-0.2, -0.15) is 4.21 Å². The molecule has 2 fully saturated rings. The lowest BCUT2D eigenvalue weighted by Crippen LogP contribution is -2.40. The smallest absolute Gasteiger partial charge is 0.311 e.